The molecule has 7 heteroatoms. The van der Waals surface area contributed by atoms with E-state index < -0.39 is 24.5 Å². The number of ether oxygens (including phenoxy) is 1. The van der Waals surface area contributed by atoms with Gasteiger partial charge in [0.1, 0.15) is 6.04 Å². The summed E-state index contributed by atoms with van der Waals surface area (Å²) in [7, 11) is 0. The van der Waals surface area contributed by atoms with E-state index in [2.05, 4.69) is 5.32 Å². The highest BCUT2D eigenvalue weighted by Crippen LogP contribution is 2.56. The lowest BCUT2D eigenvalue weighted by Crippen LogP contribution is -2.45. The van der Waals surface area contributed by atoms with E-state index >= 15 is 0 Å². The highest BCUT2D eigenvalue weighted by Gasteiger charge is 2.62. The molecule has 1 aliphatic heterocycles. The van der Waals surface area contributed by atoms with Crippen molar-refractivity contribution in [3.05, 3.63) is 29.3 Å². The first-order valence-corrected chi connectivity index (χ1v) is 10.2. The minimum absolute atomic E-state index is 0.253. The number of hydrogen-bond donors (Lipinski definition) is 1. The second-order valence-corrected chi connectivity index (χ2v) is 8.64. The van der Waals surface area contributed by atoms with E-state index in [1.165, 1.54) is 6.92 Å². The van der Waals surface area contributed by atoms with Crippen LogP contribution in [0.3, 0.4) is 0 Å². The minimum Gasteiger partial charge on any atom is -0.454 e. The zero-order valence-corrected chi connectivity index (χ0v) is 16.9. The standard InChI is InChI=1S/C22H26N2O5/c1-11-6-12(2)8-16(7-11)23-17(25)10-29-22(28)13(3)24-20(26)18-14-4-5-15(9-14)19(18)21(24)27/h6-8,13-15,18-19H,4-5,9-10H2,1-3H3,(H,23,25)/t13-,14-,15-,18+,19+/m1/s1. The van der Waals surface area contributed by atoms with Gasteiger partial charge in [0.25, 0.3) is 5.91 Å². The summed E-state index contributed by atoms with van der Waals surface area (Å²) in [6, 6.07) is 4.62. The molecule has 3 amide bonds. The van der Waals surface area contributed by atoms with Crippen molar-refractivity contribution < 1.29 is 23.9 Å². The van der Waals surface area contributed by atoms with E-state index in [1.54, 1.807) is 0 Å². The van der Waals surface area contributed by atoms with Gasteiger partial charge in [0.05, 0.1) is 11.8 Å². The Kier molecular flexibility index (Phi) is 4.92. The van der Waals surface area contributed by atoms with Crippen molar-refractivity contribution >= 4 is 29.4 Å². The summed E-state index contributed by atoms with van der Waals surface area (Å²) >= 11 is 0. The number of hydrogen-bond acceptors (Lipinski definition) is 5. The third-order valence-electron chi connectivity index (χ3n) is 6.54. The molecule has 1 heterocycles. The number of anilines is 1. The third-order valence-corrected chi connectivity index (χ3v) is 6.54. The zero-order chi connectivity index (χ0) is 20.9. The molecule has 1 aromatic rings. The highest BCUT2D eigenvalue weighted by molar-refractivity contribution is 6.08. The van der Waals surface area contributed by atoms with Gasteiger partial charge in [-0.3, -0.25) is 19.3 Å². The lowest BCUT2D eigenvalue weighted by Gasteiger charge is -2.23. The molecule has 2 aliphatic carbocycles. The number of fused-ring (bicyclic) bond motifs is 5. The van der Waals surface area contributed by atoms with Crippen LogP contribution in [0.15, 0.2) is 18.2 Å². The smallest absolute Gasteiger partial charge is 0.329 e. The van der Waals surface area contributed by atoms with Gasteiger partial charge in [-0.1, -0.05) is 6.07 Å². The molecule has 154 valence electrons. The van der Waals surface area contributed by atoms with Crippen molar-refractivity contribution in [1.82, 2.24) is 4.90 Å². The first kappa shape index (κ1) is 19.6. The van der Waals surface area contributed by atoms with Crippen LogP contribution in [-0.2, 0) is 23.9 Å². The highest BCUT2D eigenvalue weighted by atomic mass is 16.5. The van der Waals surface area contributed by atoms with Gasteiger partial charge in [0.15, 0.2) is 6.61 Å². The van der Waals surface area contributed by atoms with E-state index in [0.29, 0.717) is 5.69 Å². The normalized spacial score (nSPS) is 28.4. The van der Waals surface area contributed by atoms with Crippen LogP contribution in [0.5, 0.6) is 0 Å². The summed E-state index contributed by atoms with van der Waals surface area (Å²) in [4.78, 5) is 51.2. The molecule has 1 N–H and O–H groups in total. The second kappa shape index (κ2) is 7.28. The summed E-state index contributed by atoms with van der Waals surface area (Å²) in [6.07, 6.45) is 2.91. The Labute approximate surface area is 169 Å². The molecule has 1 aromatic carbocycles. The molecule has 3 fully saturated rings. The Balaban J connectivity index is 1.34. The molecule has 29 heavy (non-hydrogen) atoms. The molecule has 2 saturated carbocycles. The molecular weight excluding hydrogens is 372 g/mol. The fraction of sp³-hybridized carbons (Fsp3) is 0.545. The van der Waals surface area contributed by atoms with E-state index in [1.807, 2.05) is 32.0 Å². The van der Waals surface area contributed by atoms with E-state index in [-0.39, 0.29) is 35.5 Å². The third kappa shape index (κ3) is 3.43. The van der Waals surface area contributed by atoms with Crippen LogP contribution in [-0.4, -0.2) is 41.2 Å². The van der Waals surface area contributed by atoms with E-state index in [0.717, 1.165) is 35.3 Å². The molecule has 4 rings (SSSR count). The molecule has 0 unspecified atom stereocenters. The molecule has 3 aliphatic rings. The number of carbonyl (C=O) groups is 4. The van der Waals surface area contributed by atoms with Gasteiger partial charge in [-0.25, -0.2) is 4.79 Å². The minimum atomic E-state index is -1.02. The first-order chi connectivity index (χ1) is 13.8. The molecule has 5 atom stereocenters. The van der Waals surface area contributed by atoms with Gasteiger partial charge in [-0.15, -0.1) is 0 Å². The molecule has 0 radical (unpaired) electrons. The lowest BCUT2D eigenvalue weighted by molar-refractivity contribution is -0.159. The van der Waals surface area contributed by atoms with Gasteiger partial charge in [-0.05, 0) is 75.1 Å². The van der Waals surface area contributed by atoms with Crippen LogP contribution < -0.4 is 5.32 Å². The van der Waals surface area contributed by atoms with Crippen LogP contribution in [0, 0.1) is 37.5 Å². The van der Waals surface area contributed by atoms with Crippen molar-refractivity contribution in [2.75, 3.05) is 11.9 Å². The van der Waals surface area contributed by atoms with Gasteiger partial charge in [0, 0.05) is 5.69 Å². The van der Waals surface area contributed by atoms with Crippen molar-refractivity contribution in [2.24, 2.45) is 23.7 Å². The summed E-state index contributed by atoms with van der Waals surface area (Å²) in [5, 5.41) is 2.69. The summed E-state index contributed by atoms with van der Waals surface area (Å²) in [5.74, 6) is -1.74. The number of rotatable bonds is 5. The van der Waals surface area contributed by atoms with E-state index in [9.17, 15) is 19.2 Å². The molecule has 0 aromatic heterocycles. The van der Waals surface area contributed by atoms with Crippen molar-refractivity contribution in [3.63, 3.8) is 0 Å². The summed E-state index contributed by atoms with van der Waals surface area (Å²) < 4.78 is 5.10. The number of benzene rings is 1. The van der Waals surface area contributed by atoms with Gasteiger partial charge in [0.2, 0.25) is 11.8 Å². The van der Waals surface area contributed by atoms with Crippen LogP contribution in [0.25, 0.3) is 0 Å². The zero-order valence-electron chi connectivity index (χ0n) is 16.9. The molecule has 2 bridgehead atoms. The first-order valence-electron chi connectivity index (χ1n) is 10.2. The lowest BCUT2D eigenvalue weighted by atomic mass is 9.81. The van der Waals surface area contributed by atoms with Crippen LogP contribution in [0.1, 0.15) is 37.3 Å². The Morgan fingerprint density at radius 2 is 1.62 bits per heavy atom. The Morgan fingerprint density at radius 1 is 1.07 bits per heavy atom. The fourth-order valence-electron chi connectivity index (χ4n) is 5.42. The maximum absolute atomic E-state index is 12.8. The molecule has 7 nitrogen and oxygen atoms in total. The second-order valence-electron chi connectivity index (χ2n) is 8.64. The van der Waals surface area contributed by atoms with Crippen molar-refractivity contribution in [2.45, 2.75) is 46.1 Å². The Bertz CT molecular complexity index is 847. The van der Waals surface area contributed by atoms with Crippen LogP contribution in [0.4, 0.5) is 5.69 Å². The van der Waals surface area contributed by atoms with E-state index in [4.69, 9.17) is 4.74 Å². The SMILES string of the molecule is Cc1cc(C)cc(NC(=O)COC(=O)[C@@H](C)N2C(=O)[C@H]3[C@@H]4CC[C@H](C4)[C@@H]3C2=O)c1. The topological polar surface area (TPSA) is 92.8 Å². The molecule has 1 saturated heterocycles. The number of aryl methyl sites for hydroxylation is 2. The maximum atomic E-state index is 12.8. The quantitative estimate of drug-likeness (QED) is 0.606. The van der Waals surface area contributed by atoms with Crippen molar-refractivity contribution in [3.8, 4) is 0 Å². The van der Waals surface area contributed by atoms with Crippen molar-refractivity contribution in [1.29, 1.82) is 0 Å². The summed E-state index contributed by atoms with van der Waals surface area (Å²) in [6.45, 7) is 4.87. The summed E-state index contributed by atoms with van der Waals surface area (Å²) in [5.41, 5.74) is 2.65. The predicted octanol–water partition coefficient (Wildman–Crippen LogP) is 2.20. The average molecular weight is 398 g/mol. The fourth-order valence-corrected chi connectivity index (χ4v) is 5.42. The average Bonchev–Trinajstić information content (AvgIpc) is 3.32. The maximum Gasteiger partial charge on any atom is 0.329 e. The van der Waals surface area contributed by atoms with Gasteiger partial charge >= 0.3 is 5.97 Å². The number of nitrogens with one attached hydrogen (secondary N) is 1. The van der Waals surface area contributed by atoms with Gasteiger partial charge in [-0.2, -0.15) is 0 Å². The largest absolute Gasteiger partial charge is 0.454 e. The van der Waals surface area contributed by atoms with Gasteiger partial charge < -0.3 is 10.1 Å². The monoisotopic (exact) mass is 398 g/mol. The molecular formula is C22H26N2O5. The Hall–Kier alpha value is -2.70. The number of likely N-dealkylation sites (tertiary alicyclic amines) is 1. The number of carbonyl (C=O) groups excluding carboxylic acids is 4. The number of esters is 1. The van der Waals surface area contributed by atoms with Crippen LogP contribution >= 0.6 is 0 Å². The number of nitrogens with zero attached hydrogens (tertiary/aromatic N) is 1. The number of amides is 3. The number of imide groups is 1. The predicted molar refractivity (Wildman–Crippen MR) is 105 cm³/mol. The van der Waals surface area contributed by atoms with Crippen LogP contribution in [0.2, 0.25) is 0 Å². The molecule has 0 spiro atoms. The Morgan fingerprint density at radius 3 is 2.17 bits per heavy atom.